The molecule has 0 spiro atoms. The van der Waals surface area contributed by atoms with Crippen LogP contribution in [0.15, 0.2) is 54.6 Å². The molecule has 6 nitrogen and oxygen atoms in total. The van der Waals surface area contributed by atoms with Gasteiger partial charge in [-0.15, -0.1) is 0 Å². The second-order valence-corrected chi connectivity index (χ2v) is 7.51. The van der Waals surface area contributed by atoms with Crippen molar-refractivity contribution in [1.29, 1.82) is 0 Å². The molecule has 0 aliphatic carbocycles. The van der Waals surface area contributed by atoms with Crippen LogP contribution in [0.4, 0.5) is 5.69 Å². The highest BCUT2D eigenvalue weighted by atomic mass is 16.2. The predicted octanol–water partition coefficient (Wildman–Crippen LogP) is 2.12. The maximum Gasteiger partial charge on any atom is 0.224 e. The topological polar surface area (TPSA) is 64.7 Å². The lowest BCUT2D eigenvalue weighted by atomic mass is 10.1. The minimum atomic E-state index is -0.101. The molecule has 0 bridgehead atoms. The van der Waals surface area contributed by atoms with E-state index in [1.807, 2.05) is 24.3 Å². The zero-order valence-electron chi connectivity index (χ0n) is 17.1. The second-order valence-electron chi connectivity index (χ2n) is 7.51. The van der Waals surface area contributed by atoms with Crippen molar-refractivity contribution >= 4 is 17.5 Å². The molecule has 2 aromatic rings. The van der Waals surface area contributed by atoms with Gasteiger partial charge in [-0.3, -0.25) is 19.4 Å². The molecule has 1 heterocycles. The fourth-order valence-electron chi connectivity index (χ4n) is 3.52. The van der Waals surface area contributed by atoms with Gasteiger partial charge in [0.1, 0.15) is 0 Å². The summed E-state index contributed by atoms with van der Waals surface area (Å²) in [5.74, 6) is -0.0728. The zero-order valence-corrected chi connectivity index (χ0v) is 17.1. The number of nitrogens with one attached hydrogen (secondary N) is 2. The number of rotatable bonds is 8. The lowest BCUT2D eigenvalue weighted by Gasteiger charge is -2.34. The van der Waals surface area contributed by atoms with Crippen LogP contribution in [0.2, 0.25) is 0 Å². The third kappa shape index (κ3) is 7.33. The average Bonchev–Trinajstić information content (AvgIpc) is 2.71. The zero-order chi connectivity index (χ0) is 20.5. The molecule has 0 radical (unpaired) electrons. The minimum absolute atomic E-state index is 0.0278. The summed E-state index contributed by atoms with van der Waals surface area (Å²) in [4.78, 5) is 28.1. The van der Waals surface area contributed by atoms with Crippen LogP contribution < -0.4 is 10.6 Å². The van der Waals surface area contributed by atoms with E-state index in [1.54, 1.807) is 0 Å². The molecule has 2 aromatic carbocycles. The van der Waals surface area contributed by atoms with Gasteiger partial charge < -0.3 is 10.6 Å². The average molecular weight is 395 g/mol. The van der Waals surface area contributed by atoms with E-state index in [1.165, 1.54) is 12.5 Å². The third-order valence-electron chi connectivity index (χ3n) is 5.10. The molecule has 2 N–H and O–H groups in total. The van der Waals surface area contributed by atoms with Gasteiger partial charge in [0.2, 0.25) is 11.8 Å². The van der Waals surface area contributed by atoms with Crippen molar-refractivity contribution < 1.29 is 9.59 Å². The van der Waals surface area contributed by atoms with Crippen LogP contribution in [0, 0.1) is 0 Å². The van der Waals surface area contributed by atoms with Crippen molar-refractivity contribution in [2.45, 2.75) is 19.9 Å². The molecule has 154 valence electrons. The molecule has 29 heavy (non-hydrogen) atoms. The Hall–Kier alpha value is -2.70. The summed E-state index contributed by atoms with van der Waals surface area (Å²) >= 11 is 0. The number of benzene rings is 2. The van der Waals surface area contributed by atoms with E-state index >= 15 is 0 Å². The van der Waals surface area contributed by atoms with Crippen molar-refractivity contribution in [3.63, 3.8) is 0 Å². The summed E-state index contributed by atoms with van der Waals surface area (Å²) in [7, 11) is 0. The second kappa shape index (κ2) is 10.7. The van der Waals surface area contributed by atoms with Crippen molar-refractivity contribution in [3.8, 4) is 0 Å². The van der Waals surface area contributed by atoms with Crippen LogP contribution in [0.3, 0.4) is 0 Å². The van der Waals surface area contributed by atoms with Gasteiger partial charge in [0.25, 0.3) is 0 Å². The predicted molar refractivity (Wildman–Crippen MR) is 116 cm³/mol. The van der Waals surface area contributed by atoms with E-state index in [4.69, 9.17) is 0 Å². The lowest BCUT2D eigenvalue weighted by molar-refractivity contribution is -0.120. The molecule has 0 saturated carbocycles. The molecule has 1 aliphatic heterocycles. The first-order valence-corrected chi connectivity index (χ1v) is 10.2. The molecule has 1 saturated heterocycles. The Morgan fingerprint density at radius 3 is 2.17 bits per heavy atom. The van der Waals surface area contributed by atoms with Gasteiger partial charge in [-0.25, -0.2) is 0 Å². The first-order valence-electron chi connectivity index (χ1n) is 10.2. The fourth-order valence-corrected chi connectivity index (χ4v) is 3.52. The van der Waals surface area contributed by atoms with Gasteiger partial charge >= 0.3 is 0 Å². The number of carbonyl (C=O) groups excluding carboxylic acids is 2. The molecular weight excluding hydrogens is 364 g/mol. The van der Waals surface area contributed by atoms with E-state index in [2.05, 4.69) is 50.8 Å². The van der Waals surface area contributed by atoms with Crippen molar-refractivity contribution in [2.24, 2.45) is 0 Å². The van der Waals surface area contributed by atoms with Crippen molar-refractivity contribution in [1.82, 2.24) is 15.1 Å². The normalized spacial score (nSPS) is 15.1. The maximum atomic E-state index is 12.2. The number of hydrogen-bond acceptors (Lipinski definition) is 4. The molecule has 1 fully saturated rings. The van der Waals surface area contributed by atoms with Gasteiger partial charge in [0, 0.05) is 58.4 Å². The Labute approximate surface area is 172 Å². The largest absolute Gasteiger partial charge is 0.355 e. The van der Waals surface area contributed by atoms with Crippen LogP contribution in [-0.4, -0.2) is 60.9 Å². The van der Waals surface area contributed by atoms with E-state index < -0.39 is 0 Å². The number of nitrogens with zero attached hydrogens (tertiary/aromatic N) is 2. The van der Waals surface area contributed by atoms with E-state index in [0.717, 1.165) is 50.5 Å². The standard InChI is InChI=1S/C23H30N4O2/c1-19(28)25-22-9-7-20(8-10-22)17-23(29)24-11-12-26-13-15-27(16-14-26)18-21-5-3-2-4-6-21/h2-10H,11-18H2,1H3,(H,24,29)(H,25,28). The smallest absolute Gasteiger partial charge is 0.224 e. The van der Waals surface area contributed by atoms with Crippen LogP contribution in [0.5, 0.6) is 0 Å². The van der Waals surface area contributed by atoms with Crippen LogP contribution in [0.1, 0.15) is 18.1 Å². The van der Waals surface area contributed by atoms with Gasteiger partial charge in [-0.05, 0) is 23.3 Å². The molecular formula is C23H30N4O2. The molecule has 0 aromatic heterocycles. The Bertz CT molecular complexity index is 784. The molecule has 0 atom stereocenters. The first kappa shape index (κ1) is 21.0. The Morgan fingerprint density at radius 2 is 1.52 bits per heavy atom. The quantitative estimate of drug-likeness (QED) is 0.720. The summed E-state index contributed by atoms with van der Waals surface area (Å²) < 4.78 is 0. The highest BCUT2D eigenvalue weighted by Crippen LogP contribution is 2.10. The summed E-state index contributed by atoms with van der Waals surface area (Å²) in [5.41, 5.74) is 3.04. The van der Waals surface area contributed by atoms with Gasteiger partial charge in [0.05, 0.1) is 6.42 Å². The minimum Gasteiger partial charge on any atom is -0.355 e. The van der Waals surface area contributed by atoms with Gasteiger partial charge in [-0.1, -0.05) is 42.5 Å². The monoisotopic (exact) mass is 394 g/mol. The Kier molecular flexibility index (Phi) is 7.78. The highest BCUT2D eigenvalue weighted by molar-refractivity contribution is 5.88. The number of hydrogen-bond donors (Lipinski definition) is 2. The highest BCUT2D eigenvalue weighted by Gasteiger charge is 2.16. The van der Waals surface area contributed by atoms with Crippen molar-refractivity contribution in [2.75, 3.05) is 44.6 Å². The number of anilines is 1. The summed E-state index contributed by atoms with van der Waals surface area (Å²) in [5, 5.41) is 5.74. The van der Waals surface area contributed by atoms with Gasteiger partial charge in [0.15, 0.2) is 0 Å². The maximum absolute atomic E-state index is 12.2. The number of carbonyl (C=O) groups is 2. The van der Waals surface area contributed by atoms with Gasteiger partial charge in [-0.2, -0.15) is 0 Å². The van der Waals surface area contributed by atoms with Crippen LogP contribution >= 0.6 is 0 Å². The SMILES string of the molecule is CC(=O)Nc1ccc(CC(=O)NCCN2CCN(Cc3ccccc3)CC2)cc1. The first-order chi connectivity index (χ1) is 14.1. The van der Waals surface area contributed by atoms with E-state index in [0.29, 0.717) is 13.0 Å². The van der Waals surface area contributed by atoms with Crippen LogP contribution in [0.25, 0.3) is 0 Å². The van der Waals surface area contributed by atoms with Crippen LogP contribution in [-0.2, 0) is 22.6 Å². The van der Waals surface area contributed by atoms with E-state index in [-0.39, 0.29) is 11.8 Å². The molecule has 1 aliphatic rings. The fraction of sp³-hybridized carbons (Fsp3) is 0.391. The molecule has 6 heteroatoms. The Morgan fingerprint density at radius 1 is 0.862 bits per heavy atom. The number of piperazine rings is 1. The number of amides is 2. The molecule has 0 unspecified atom stereocenters. The van der Waals surface area contributed by atoms with E-state index in [9.17, 15) is 9.59 Å². The summed E-state index contributed by atoms with van der Waals surface area (Å²) in [6.07, 6.45) is 0.352. The third-order valence-corrected chi connectivity index (χ3v) is 5.10. The molecule has 3 rings (SSSR count). The lowest BCUT2D eigenvalue weighted by Crippen LogP contribution is -2.48. The van der Waals surface area contributed by atoms with Crippen molar-refractivity contribution in [3.05, 3.63) is 65.7 Å². The summed E-state index contributed by atoms with van der Waals surface area (Å²) in [6, 6.07) is 18.0. The Balaban J connectivity index is 1.31. The summed E-state index contributed by atoms with van der Waals surface area (Å²) in [6.45, 7) is 8.22. The molecule has 2 amide bonds.